The number of aliphatic hydroxyl groups excluding tert-OH is 1. The molecule has 1 aromatic rings. The number of aliphatic hydroxyl groups is 1. The highest BCUT2D eigenvalue weighted by Crippen LogP contribution is 2.31. The van der Waals surface area contributed by atoms with E-state index in [0.717, 1.165) is 30.5 Å². The van der Waals surface area contributed by atoms with Crippen LogP contribution in [0.25, 0.3) is 0 Å². The summed E-state index contributed by atoms with van der Waals surface area (Å²) < 4.78 is 23.6. The third kappa shape index (κ3) is 4.74. The molecule has 0 radical (unpaired) electrons. The average molecular weight is 312 g/mol. The number of sulfone groups is 1. The predicted octanol–water partition coefficient (Wildman–Crippen LogP) is 2.24. The molecule has 1 fully saturated rings. The molecule has 0 atom stereocenters. The van der Waals surface area contributed by atoms with E-state index >= 15 is 0 Å². The van der Waals surface area contributed by atoms with Crippen LogP contribution in [0.2, 0.25) is 0 Å². The van der Waals surface area contributed by atoms with E-state index in [1.165, 1.54) is 25.7 Å². The highest BCUT2D eigenvalue weighted by molar-refractivity contribution is 7.90. The first-order valence-electron chi connectivity index (χ1n) is 7.69. The number of hydrogen-bond acceptors (Lipinski definition) is 5. The Hall–Kier alpha value is -1.01. The van der Waals surface area contributed by atoms with Crippen LogP contribution >= 0.6 is 0 Å². The summed E-state index contributed by atoms with van der Waals surface area (Å²) in [6.07, 6.45) is 9.30. The second-order valence-corrected chi connectivity index (χ2v) is 7.76. The summed E-state index contributed by atoms with van der Waals surface area (Å²) in [6, 6.07) is 1.93. The van der Waals surface area contributed by atoms with Gasteiger partial charge in [0.2, 0.25) is 15.0 Å². The van der Waals surface area contributed by atoms with Gasteiger partial charge >= 0.3 is 0 Å². The molecule has 1 aliphatic carbocycles. The maximum Gasteiger partial charge on any atom is 0.247 e. The van der Waals surface area contributed by atoms with Crippen LogP contribution in [0.1, 0.15) is 62.3 Å². The molecule has 1 aliphatic rings. The van der Waals surface area contributed by atoms with Gasteiger partial charge in [-0.1, -0.05) is 25.7 Å². The minimum Gasteiger partial charge on any atom is -0.396 e. The Kier molecular flexibility index (Phi) is 5.70. The van der Waals surface area contributed by atoms with Crippen molar-refractivity contribution < 1.29 is 13.5 Å². The molecule has 1 N–H and O–H groups in total. The molecule has 5 nitrogen and oxygen atoms in total. The Labute approximate surface area is 126 Å². The highest BCUT2D eigenvalue weighted by Gasteiger charge is 2.20. The van der Waals surface area contributed by atoms with Crippen molar-refractivity contribution in [3.8, 4) is 0 Å². The molecule has 0 bridgehead atoms. The van der Waals surface area contributed by atoms with Gasteiger partial charge in [-0.3, -0.25) is 0 Å². The lowest BCUT2D eigenvalue weighted by atomic mass is 9.95. The van der Waals surface area contributed by atoms with Crippen LogP contribution in [-0.2, 0) is 16.3 Å². The van der Waals surface area contributed by atoms with Crippen LogP contribution < -0.4 is 0 Å². The van der Waals surface area contributed by atoms with Crippen LogP contribution in [-0.4, -0.2) is 36.4 Å². The van der Waals surface area contributed by atoms with Crippen LogP contribution in [0.15, 0.2) is 11.2 Å². The molecule has 0 spiro atoms. The Balaban J connectivity index is 2.33. The van der Waals surface area contributed by atoms with E-state index < -0.39 is 9.84 Å². The Morgan fingerprint density at radius 2 is 1.86 bits per heavy atom. The van der Waals surface area contributed by atoms with Gasteiger partial charge in [-0.15, -0.1) is 0 Å². The molecule has 0 saturated heterocycles. The minimum atomic E-state index is -3.41. The molecular formula is C15H24N2O3S. The SMILES string of the molecule is CS(=O)(=O)c1nc(CCCO)cc(C2CCCCCC2)n1. The van der Waals surface area contributed by atoms with Crippen LogP contribution in [0.3, 0.4) is 0 Å². The molecule has 0 aromatic carbocycles. The van der Waals surface area contributed by atoms with E-state index in [2.05, 4.69) is 9.97 Å². The maximum atomic E-state index is 11.8. The third-order valence-electron chi connectivity index (χ3n) is 3.97. The summed E-state index contributed by atoms with van der Waals surface area (Å²) in [5.41, 5.74) is 1.58. The first kappa shape index (κ1) is 16.4. The van der Waals surface area contributed by atoms with Crippen molar-refractivity contribution in [3.63, 3.8) is 0 Å². The summed E-state index contributed by atoms with van der Waals surface area (Å²) in [7, 11) is -3.41. The molecule has 1 heterocycles. The maximum absolute atomic E-state index is 11.8. The second kappa shape index (κ2) is 7.31. The summed E-state index contributed by atoms with van der Waals surface area (Å²) in [5.74, 6) is 0.337. The smallest absolute Gasteiger partial charge is 0.247 e. The number of rotatable bonds is 5. The van der Waals surface area contributed by atoms with Gasteiger partial charge in [0.25, 0.3) is 0 Å². The zero-order valence-electron chi connectivity index (χ0n) is 12.6. The van der Waals surface area contributed by atoms with Crippen molar-refractivity contribution in [1.82, 2.24) is 9.97 Å². The summed E-state index contributed by atoms with van der Waals surface area (Å²) >= 11 is 0. The lowest BCUT2D eigenvalue weighted by molar-refractivity contribution is 0.288. The largest absolute Gasteiger partial charge is 0.396 e. The zero-order valence-corrected chi connectivity index (χ0v) is 13.4. The average Bonchev–Trinajstić information content (AvgIpc) is 2.73. The van der Waals surface area contributed by atoms with Crippen molar-refractivity contribution in [2.75, 3.05) is 12.9 Å². The molecule has 1 aromatic heterocycles. The highest BCUT2D eigenvalue weighted by atomic mass is 32.2. The van der Waals surface area contributed by atoms with E-state index in [9.17, 15) is 8.42 Å². The Morgan fingerprint density at radius 3 is 2.43 bits per heavy atom. The first-order chi connectivity index (χ1) is 10.0. The molecule has 21 heavy (non-hydrogen) atoms. The molecule has 0 aliphatic heterocycles. The summed E-state index contributed by atoms with van der Waals surface area (Å²) in [5, 5.41) is 8.88. The molecular weight excluding hydrogens is 288 g/mol. The van der Waals surface area contributed by atoms with Gasteiger partial charge in [-0.05, 0) is 31.7 Å². The molecule has 0 amide bonds. The van der Waals surface area contributed by atoms with E-state index in [0.29, 0.717) is 18.8 Å². The Morgan fingerprint density at radius 1 is 1.19 bits per heavy atom. The molecule has 118 valence electrons. The second-order valence-electron chi connectivity index (χ2n) is 5.85. The lowest BCUT2D eigenvalue weighted by Gasteiger charge is -2.15. The van der Waals surface area contributed by atoms with Crippen molar-refractivity contribution in [2.45, 2.75) is 62.4 Å². The monoisotopic (exact) mass is 312 g/mol. The normalized spacial score (nSPS) is 17.6. The number of aromatic nitrogens is 2. The minimum absolute atomic E-state index is 0.0720. The van der Waals surface area contributed by atoms with E-state index in [1.54, 1.807) is 0 Å². The predicted molar refractivity (Wildman–Crippen MR) is 81.0 cm³/mol. The fourth-order valence-electron chi connectivity index (χ4n) is 2.83. The van der Waals surface area contributed by atoms with Crippen LogP contribution in [0, 0.1) is 0 Å². The van der Waals surface area contributed by atoms with Crippen molar-refractivity contribution in [3.05, 3.63) is 17.5 Å². The van der Waals surface area contributed by atoms with Crippen molar-refractivity contribution in [2.24, 2.45) is 0 Å². The first-order valence-corrected chi connectivity index (χ1v) is 9.58. The third-order valence-corrected chi connectivity index (χ3v) is 4.82. The summed E-state index contributed by atoms with van der Waals surface area (Å²) in [6.45, 7) is 0.0803. The Bertz CT molecular complexity index is 564. The van der Waals surface area contributed by atoms with Crippen LogP contribution in [0.5, 0.6) is 0 Å². The van der Waals surface area contributed by atoms with Gasteiger partial charge in [-0.2, -0.15) is 0 Å². The lowest BCUT2D eigenvalue weighted by Crippen LogP contribution is -2.11. The molecule has 6 heteroatoms. The summed E-state index contributed by atoms with van der Waals surface area (Å²) in [4.78, 5) is 8.47. The van der Waals surface area contributed by atoms with Crippen molar-refractivity contribution >= 4 is 9.84 Å². The fourth-order valence-corrected chi connectivity index (χ4v) is 3.39. The standard InChI is InChI=1S/C15H24N2O3S/c1-21(19,20)15-16-13(9-6-10-18)11-14(17-15)12-7-4-2-3-5-8-12/h11-12,18H,2-10H2,1H3. The molecule has 1 saturated carbocycles. The van der Waals surface area contributed by atoms with E-state index in [4.69, 9.17) is 5.11 Å². The van der Waals surface area contributed by atoms with Crippen molar-refractivity contribution in [1.29, 1.82) is 0 Å². The van der Waals surface area contributed by atoms with Gasteiger partial charge in [0.05, 0.1) is 0 Å². The van der Waals surface area contributed by atoms with E-state index in [1.807, 2.05) is 6.07 Å². The zero-order chi connectivity index (χ0) is 15.3. The fraction of sp³-hybridized carbons (Fsp3) is 0.733. The van der Waals surface area contributed by atoms with E-state index in [-0.39, 0.29) is 11.8 Å². The topological polar surface area (TPSA) is 80.2 Å². The van der Waals surface area contributed by atoms with Gasteiger partial charge in [0, 0.05) is 30.2 Å². The van der Waals surface area contributed by atoms with Gasteiger partial charge in [0.15, 0.2) is 0 Å². The molecule has 0 unspecified atom stereocenters. The van der Waals surface area contributed by atoms with Gasteiger partial charge in [0.1, 0.15) is 0 Å². The number of hydrogen-bond donors (Lipinski definition) is 1. The number of nitrogens with zero attached hydrogens (tertiary/aromatic N) is 2. The number of aryl methyl sites for hydroxylation is 1. The van der Waals surface area contributed by atoms with Gasteiger partial charge in [-0.25, -0.2) is 18.4 Å². The quantitative estimate of drug-likeness (QED) is 0.666. The van der Waals surface area contributed by atoms with Crippen LogP contribution in [0.4, 0.5) is 0 Å². The molecule has 2 rings (SSSR count). The van der Waals surface area contributed by atoms with Gasteiger partial charge < -0.3 is 5.11 Å².